The number of amides is 5. The number of fused-ring (bicyclic) bond motifs is 2. The second-order valence-electron chi connectivity index (χ2n) is 12.2. The fraction of sp³-hybridized carbons (Fsp3) is 0.306. The molecule has 0 bridgehead atoms. The maximum atomic E-state index is 14.0. The number of ether oxygens (including phenoxy) is 1. The molecule has 4 aromatic rings. The van der Waals surface area contributed by atoms with Crippen molar-refractivity contribution >= 4 is 74.5 Å². The lowest BCUT2D eigenvalue weighted by Crippen LogP contribution is -2.64. The minimum atomic E-state index is -1.16. The minimum absolute atomic E-state index is 0.0129. The van der Waals surface area contributed by atoms with E-state index in [1.54, 1.807) is 24.3 Å². The van der Waals surface area contributed by atoms with Crippen LogP contribution in [0, 0.1) is 0 Å². The predicted molar refractivity (Wildman–Crippen MR) is 194 cm³/mol. The van der Waals surface area contributed by atoms with E-state index in [9.17, 15) is 33.9 Å². The third-order valence-corrected chi connectivity index (χ3v) is 10.7. The first-order valence-corrected chi connectivity index (χ1v) is 18.5. The number of carbonyl (C=O) groups excluding carboxylic acids is 5. The molecule has 4 N–H and O–H groups in total. The quantitative estimate of drug-likeness (QED) is 0.138. The Bertz CT molecular complexity index is 1920. The van der Waals surface area contributed by atoms with Gasteiger partial charge in [-0.1, -0.05) is 42.1 Å². The first-order chi connectivity index (χ1) is 25.1. The molecule has 2 saturated heterocycles. The standard InChI is InChI=1S/C36H36N6O8S2/c43-29(21-51-36-40-26-9-4-5-11-30(26)52-36)25(17-19-32(45)46)38-33(47)28-10-6-20-41-31(44)18-16-27(34(48)42(28)41)39-35(49)37-22-12-14-24(15-13-22)50-23-7-2-1-3-8-23/h1-5,7-9,11-15,25,27-28H,6,10,16-21H2,(H,38,47)(H,45,46)(H2,37,39,49)/t25-,27-,28-/m0/s1. The zero-order valence-corrected chi connectivity index (χ0v) is 29.5. The highest BCUT2D eigenvalue weighted by Crippen LogP contribution is 2.30. The van der Waals surface area contributed by atoms with E-state index in [0.29, 0.717) is 27.9 Å². The number of Topliss-reactive ketones (excluding diaryl/α,β-unsaturated/α-hetero) is 1. The Hall–Kier alpha value is -5.48. The molecule has 52 heavy (non-hydrogen) atoms. The largest absolute Gasteiger partial charge is 0.481 e. The number of aliphatic carboxylic acids is 1. The topological polar surface area (TPSA) is 187 Å². The third-order valence-electron chi connectivity index (χ3n) is 8.52. The number of carboxylic acid groups (broad SMARTS) is 1. The average molecular weight is 745 g/mol. The highest BCUT2D eigenvalue weighted by atomic mass is 32.2. The molecule has 2 aliphatic heterocycles. The molecule has 1 aromatic heterocycles. The van der Waals surface area contributed by atoms with Gasteiger partial charge in [-0.25, -0.2) is 14.8 Å². The van der Waals surface area contributed by atoms with E-state index in [4.69, 9.17) is 4.74 Å². The van der Waals surface area contributed by atoms with E-state index in [1.165, 1.54) is 28.1 Å². The molecular formula is C36H36N6O8S2. The second kappa shape index (κ2) is 16.7. The van der Waals surface area contributed by atoms with Gasteiger partial charge >= 0.3 is 12.0 Å². The number of hydrazine groups is 1. The summed E-state index contributed by atoms with van der Waals surface area (Å²) < 4.78 is 7.40. The van der Waals surface area contributed by atoms with Crippen LogP contribution < -0.4 is 20.7 Å². The molecule has 14 nitrogen and oxygen atoms in total. The lowest BCUT2D eigenvalue weighted by molar-refractivity contribution is -0.176. The summed E-state index contributed by atoms with van der Waals surface area (Å²) in [5, 5.41) is 19.7. The Kier molecular flexibility index (Phi) is 11.7. The summed E-state index contributed by atoms with van der Waals surface area (Å²) in [6, 6.07) is 19.3. The number of aromatic nitrogens is 1. The van der Waals surface area contributed by atoms with Crippen molar-refractivity contribution in [2.24, 2.45) is 0 Å². The number of thioether (sulfide) groups is 1. The number of nitrogens with one attached hydrogen (secondary N) is 3. The first kappa shape index (κ1) is 36.3. The van der Waals surface area contributed by atoms with Gasteiger partial charge in [-0.2, -0.15) is 0 Å². The van der Waals surface area contributed by atoms with E-state index < -0.39 is 47.7 Å². The highest BCUT2D eigenvalue weighted by Gasteiger charge is 2.45. The number of anilines is 1. The van der Waals surface area contributed by atoms with Crippen molar-refractivity contribution in [2.45, 2.75) is 61.0 Å². The van der Waals surface area contributed by atoms with Crippen LogP contribution in [0.25, 0.3) is 10.2 Å². The number of rotatable bonds is 13. The Morgan fingerprint density at radius 3 is 2.44 bits per heavy atom. The van der Waals surface area contributed by atoms with E-state index in [2.05, 4.69) is 20.9 Å². The number of carbonyl (C=O) groups is 6. The fourth-order valence-corrected chi connectivity index (χ4v) is 7.97. The summed E-state index contributed by atoms with van der Waals surface area (Å²) in [5.41, 5.74) is 1.23. The Labute approximate surface area is 306 Å². The zero-order valence-electron chi connectivity index (χ0n) is 27.9. The van der Waals surface area contributed by atoms with Crippen LogP contribution in [-0.4, -0.2) is 86.0 Å². The summed E-state index contributed by atoms with van der Waals surface area (Å²) in [4.78, 5) is 83.3. The molecule has 3 heterocycles. The highest BCUT2D eigenvalue weighted by molar-refractivity contribution is 8.01. The molecule has 3 aromatic carbocycles. The van der Waals surface area contributed by atoms with Gasteiger partial charge in [0.25, 0.3) is 5.91 Å². The number of thiazole rings is 1. The van der Waals surface area contributed by atoms with Gasteiger partial charge in [0.15, 0.2) is 10.1 Å². The van der Waals surface area contributed by atoms with E-state index in [-0.39, 0.29) is 50.3 Å². The molecule has 0 aliphatic carbocycles. The lowest BCUT2D eigenvalue weighted by atomic mass is 10.0. The van der Waals surface area contributed by atoms with Gasteiger partial charge in [-0.3, -0.25) is 29.0 Å². The molecule has 5 amide bonds. The monoisotopic (exact) mass is 744 g/mol. The number of carboxylic acids is 1. The Balaban J connectivity index is 1.10. The molecule has 270 valence electrons. The molecule has 2 aliphatic rings. The Morgan fingerprint density at radius 2 is 1.69 bits per heavy atom. The van der Waals surface area contributed by atoms with Crippen LogP contribution in [0.15, 0.2) is 83.2 Å². The van der Waals surface area contributed by atoms with Crippen molar-refractivity contribution in [1.82, 2.24) is 25.6 Å². The second-order valence-corrected chi connectivity index (χ2v) is 14.4. The number of urea groups is 1. The molecule has 3 atom stereocenters. The van der Waals surface area contributed by atoms with Gasteiger partial charge in [0, 0.05) is 25.1 Å². The molecule has 0 spiro atoms. The molecule has 16 heteroatoms. The van der Waals surface area contributed by atoms with Crippen LogP contribution >= 0.6 is 23.1 Å². The van der Waals surface area contributed by atoms with Crippen LogP contribution in [0.4, 0.5) is 10.5 Å². The Morgan fingerprint density at radius 1 is 0.962 bits per heavy atom. The van der Waals surface area contributed by atoms with Crippen LogP contribution in [0.3, 0.4) is 0 Å². The average Bonchev–Trinajstić information content (AvgIpc) is 3.53. The lowest BCUT2D eigenvalue weighted by Gasteiger charge is -2.43. The summed E-state index contributed by atoms with van der Waals surface area (Å²) in [6.07, 6.45) is 0.0434. The first-order valence-electron chi connectivity index (χ1n) is 16.7. The number of ketones is 1. The van der Waals surface area contributed by atoms with Gasteiger partial charge in [-0.15, -0.1) is 11.3 Å². The SMILES string of the molecule is O=C(O)CC[C@H](NC(=O)[C@@H]1CCCN2C(=O)CC[C@H](NC(=O)Nc3ccc(Oc4ccccc4)cc3)C(=O)N12)C(=O)CSc1nc2ccccc2s1. The molecule has 0 saturated carbocycles. The summed E-state index contributed by atoms with van der Waals surface area (Å²) in [6.45, 7) is 0.199. The van der Waals surface area contributed by atoms with Crippen molar-refractivity contribution in [2.75, 3.05) is 17.6 Å². The minimum Gasteiger partial charge on any atom is -0.481 e. The maximum absolute atomic E-state index is 14.0. The van der Waals surface area contributed by atoms with Gasteiger partial charge < -0.3 is 25.8 Å². The predicted octanol–water partition coefficient (Wildman–Crippen LogP) is 4.82. The third kappa shape index (κ3) is 9.05. The molecule has 2 fully saturated rings. The van der Waals surface area contributed by atoms with Crippen LogP contribution in [0.5, 0.6) is 11.5 Å². The van der Waals surface area contributed by atoms with Gasteiger partial charge in [0.05, 0.1) is 22.0 Å². The van der Waals surface area contributed by atoms with Crippen molar-refractivity contribution in [3.63, 3.8) is 0 Å². The maximum Gasteiger partial charge on any atom is 0.319 e. The summed E-state index contributed by atoms with van der Waals surface area (Å²) in [5.74, 6) is -2.10. The van der Waals surface area contributed by atoms with E-state index >= 15 is 0 Å². The molecule has 0 unspecified atom stereocenters. The fourth-order valence-electron chi connectivity index (χ4n) is 5.96. The molecule has 0 radical (unpaired) electrons. The normalized spacial score (nSPS) is 17.8. The van der Waals surface area contributed by atoms with Gasteiger partial charge in [0.2, 0.25) is 11.8 Å². The number of benzene rings is 3. The van der Waals surface area contributed by atoms with Gasteiger partial charge in [0.1, 0.15) is 23.6 Å². The van der Waals surface area contributed by atoms with E-state index in [0.717, 1.165) is 15.2 Å². The van der Waals surface area contributed by atoms with Gasteiger partial charge in [-0.05, 0) is 74.2 Å². The number of nitrogens with zero attached hydrogens (tertiary/aromatic N) is 3. The zero-order chi connectivity index (χ0) is 36.6. The van der Waals surface area contributed by atoms with E-state index in [1.807, 2.05) is 54.6 Å². The van der Waals surface area contributed by atoms with Crippen LogP contribution in [-0.2, 0) is 24.0 Å². The summed E-state index contributed by atoms with van der Waals surface area (Å²) in [7, 11) is 0. The number of hydrogen-bond acceptors (Lipinski definition) is 10. The molecule has 6 rings (SSSR count). The smallest absolute Gasteiger partial charge is 0.319 e. The number of hydrogen-bond donors (Lipinski definition) is 4. The summed E-state index contributed by atoms with van der Waals surface area (Å²) >= 11 is 2.62. The van der Waals surface area contributed by atoms with Crippen molar-refractivity contribution in [3.8, 4) is 11.5 Å². The van der Waals surface area contributed by atoms with Crippen molar-refractivity contribution < 1.29 is 38.6 Å². The van der Waals surface area contributed by atoms with Crippen molar-refractivity contribution in [1.29, 1.82) is 0 Å². The number of para-hydroxylation sites is 2. The van der Waals surface area contributed by atoms with Crippen LogP contribution in [0.2, 0.25) is 0 Å². The van der Waals surface area contributed by atoms with Crippen molar-refractivity contribution in [3.05, 3.63) is 78.9 Å². The van der Waals surface area contributed by atoms with Crippen LogP contribution in [0.1, 0.15) is 38.5 Å². The molecular weight excluding hydrogens is 709 g/mol.